The first-order chi connectivity index (χ1) is 13.5. The van der Waals surface area contributed by atoms with E-state index in [-0.39, 0.29) is 0 Å². The van der Waals surface area contributed by atoms with Crippen molar-refractivity contribution in [2.45, 2.75) is 12.8 Å². The molecule has 2 N–H and O–H groups in total. The van der Waals surface area contributed by atoms with Gasteiger partial charge in [-0.3, -0.25) is 4.79 Å². The number of nitrogens with two attached hydrogens (primary N) is 1. The van der Waals surface area contributed by atoms with Crippen LogP contribution in [0, 0.1) is 0 Å². The van der Waals surface area contributed by atoms with E-state index in [1.54, 1.807) is 0 Å². The predicted octanol–water partition coefficient (Wildman–Crippen LogP) is 4.02. The molecule has 0 saturated carbocycles. The van der Waals surface area contributed by atoms with E-state index in [0.717, 1.165) is 28.8 Å². The quantitative estimate of drug-likeness (QED) is 0.680. The number of esters is 1. The molecule has 0 saturated heterocycles. The molecule has 0 spiro atoms. The second kappa shape index (κ2) is 7.44. The maximum Gasteiger partial charge on any atom is 0.339 e. The molecule has 0 radical (unpaired) electrons. The molecule has 28 heavy (non-hydrogen) atoms. The second-order valence-electron chi connectivity index (χ2n) is 6.56. The molecule has 1 aliphatic rings. The average Bonchev–Trinajstić information content (AvgIpc) is 3.08. The number of hydrogen-bond acceptors (Lipinski definition) is 4. The van der Waals surface area contributed by atoms with Crippen LogP contribution < -0.4 is 5.73 Å². The van der Waals surface area contributed by atoms with Gasteiger partial charge in [0.1, 0.15) is 0 Å². The molecule has 0 bridgehead atoms. The third-order valence-electron chi connectivity index (χ3n) is 4.73. The van der Waals surface area contributed by atoms with Gasteiger partial charge in [0.15, 0.2) is 6.61 Å². The topological polar surface area (TPSA) is 82.3 Å². The maximum absolute atomic E-state index is 12.7. The number of halogens is 1. The molecule has 0 aliphatic heterocycles. The zero-order chi connectivity index (χ0) is 19.7. The SMILES string of the molecule is NC(=O)COC(=O)c1c2c(nc3ccccc13)C(=Cc1ccccc1Cl)CC2. The number of allylic oxidation sites excluding steroid dienone is 1. The van der Waals surface area contributed by atoms with Crippen LogP contribution in [0.4, 0.5) is 0 Å². The summed E-state index contributed by atoms with van der Waals surface area (Å²) in [6.07, 6.45) is 3.40. The maximum atomic E-state index is 12.7. The van der Waals surface area contributed by atoms with Crippen LogP contribution in [-0.2, 0) is 16.0 Å². The number of fused-ring (bicyclic) bond motifs is 2. The van der Waals surface area contributed by atoms with Gasteiger partial charge in [0, 0.05) is 10.4 Å². The standard InChI is InChI=1S/C22H17ClN2O3/c23-17-7-3-1-5-13(17)11-14-9-10-16-20(22(27)28-12-19(24)26)15-6-2-4-8-18(15)25-21(14)16/h1-8,11H,9-10,12H2,(H2,24,26). The lowest BCUT2D eigenvalue weighted by atomic mass is 10.0. The molecule has 0 atom stereocenters. The third kappa shape index (κ3) is 3.37. The number of carbonyl (C=O) groups is 2. The van der Waals surface area contributed by atoms with Crippen LogP contribution in [0.15, 0.2) is 48.5 Å². The molecule has 0 fully saturated rings. The summed E-state index contributed by atoms with van der Waals surface area (Å²) in [6.45, 7) is -0.452. The van der Waals surface area contributed by atoms with E-state index in [0.29, 0.717) is 27.9 Å². The van der Waals surface area contributed by atoms with Gasteiger partial charge >= 0.3 is 5.97 Å². The Hall–Kier alpha value is -3.18. The van der Waals surface area contributed by atoms with Crippen molar-refractivity contribution in [1.29, 1.82) is 0 Å². The van der Waals surface area contributed by atoms with Crippen molar-refractivity contribution in [3.63, 3.8) is 0 Å². The van der Waals surface area contributed by atoms with Gasteiger partial charge < -0.3 is 10.5 Å². The zero-order valence-corrected chi connectivity index (χ0v) is 15.7. The first-order valence-corrected chi connectivity index (χ1v) is 9.25. The number of pyridine rings is 1. The van der Waals surface area contributed by atoms with Gasteiger partial charge in [-0.15, -0.1) is 0 Å². The van der Waals surface area contributed by atoms with Crippen LogP contribution in [0.25, 0.3) is 22.6 Å². The van der Waals surface area contributed by atoms with E-state index in [4.69, 9.17) is 27.1 Å². The third-order valence-corrected chi connectivity index (χ3v) is 5.07. The molecule has 1 aliphatic carbocycles. The molecular formula is C22H17ClN2O3. The van der Waals surface area contributed by atoms with Gasteiger partial charge in [-0.25, -0.2) is 9.78 Å². The molecular weight excluding hydrogens is 376 g/mol. The normalized spacial score (nSPS) is 14.2. The van der Waals surface area contributed by atoms with E-state index in [9.17, 15) is 9.59 Å². The molecule has 4 rings (SSSR count). The molecule has 6 heteroatoms. The summed E-state index contributed by atoms with van der Waals surface area (Å²) in [7, 11) is 0. The number of nitrogens with zero attached hydrogens (tertiary/aromatic N) is 1. The zero-order valence-electron chi connectivity index (χ0n) is 14.9. The van der Waals surface area contributed by atoms with Crippen LogP contribution in [-0.4, -0.2) is 23.5 Å². The van der Waals surface area contributed by atoms with Gasteiger partial charge in [-0.1, -0.05) is 48.0 Å². The highest BCUT2D eigenvalue weighted by atomic mass is 35.5. The van der Waals surface area contributed by atoms with Crippen LogP contribution in [0.5, 0.6) is 0 Å². The minimum Gasteiger partial charge on any atom is -0.452 e. The van der Waals surface area contributed by atoms with Crippen molar-refractivity contribution < 1.29 is 14.3 Å². The van der Waals surface area contributed by atoms with Crippen molar-refractivity contribution in [2.75, 3.05) is 6.61 Å². The summed E-state index contributed by atoms with van der Waals surface area (Å²) in [5.74, 6) is -1.25. The average molecular weight is 393 g/mol. The molecule has 1 heterocycles. The highest BCUT2D eigenvalue weighted by Gasteiger charge is 2.27. The fraction of sp³-hybridized carbons (Fsp3) is 0.136. The van der Waals surface area contributed by atoms with E-state index < -0.39 is 18.5 Å². The summed E-state index contributed by atoms with van der Waals surface area (Å²) >= 11 is 6.29. The highest BCUT2D eigenvalue weighted by molar-refractivity contribution is 6.32. The van der Waals surface area contributed by atoms with E-state index in [1.165, 1.54) is 0 Å². The Bertz CT molecular complexity index is 1140. The number of amides is 1. The van der Waals surface area contributed by atoms with Gasteiger partial charge in [-0.05, 0) is 47.8 Å². The van der Waals surface area contributed by atoms with Crippen LogP contribution in [0.1, 0.15) is 33.6 Å². The van der Waals surface area contributed by atoms with Crippen molar-refractivity contribution >= 4 is 46.0 Å². The number of primary amides is 1. The van der Waals surface area contributed by atoms with Crippen LogP contribution >= 0.6 is 11.6 Å². The molecule has 140 valence electrons. The number of rotatable bonds is 4. The number of benzene rings is 2. The van der Waals surface area contributed by atoms with Crippen LogP contribution in [0.3, 0.4) is 0 Å². The number of aromatic nitrogens is 1. The van der Waals surface area contributed by atoms with Crippen molar-refractivity contribution in [3.8, 4) is 0 Å². The predicted molar refractivity (Wildman–Crippen MR) is 109 cm³/mol. The Balaban J connectivity index is 1.86. The second-order valence-corrected chi connectivity index (χ2v) is 6.97. The van der Waals surface area contributed by atoms with Crippen molar-refractivity contribution in [3.05, 3.63) is 75.9 Å². The lowest BCUT2D eigenvalue weighted by Crippen LogP contribution is -2.21. The van der Waals surface area contributed by atoms with Gasteiger partial charge in [0.25, 0.3) is 5.91 Å². The lowest BCUT2D eigenvalue weighted by molar-refractivity contribution is -0.121. The van der Waals surface area contributed by atoms with Gasteiger partial charge in [0.05, 0.1) is 16.8 Å². The molecule has 5 nitrogen and oxygen atoms in total. The number of hydrogen-bond donors (Lipinski definition) is 1. The van der Waals surface area contributed by atoms with Gasteiger partial charge in [0.2, 0.25) is 0 Å². The fourth-order valence-corrected chi connectivity index (χ4v) is 3.69. The van der Waals surface area contributed by atoms with Crippen molar-refractivity contribution in [1.82, 2.24) is 4.98 Å². The smallest absolute Gasteiger partial charge is 0.339 e. The Labute approximate surface area is 166 Å². The molecule has 2 aromatic carbocycles. The first kappa shape index (κ1) is 18.2. The van der Waals surface area contributed by atoms with Gasteiger partial charge in [-0.2, -0.15) is 0 Å². The Kier molecular flexibility index (Phi) is 4.84. The van der Waals surface area contributed by atoms with E-state index in [1.807, 2.05) is 54.6 Å². The molecule has 3 aromatic rings. The monoisotopic (exact) mass is 392 g/mol. The van der Waals surface area contributed by atoms with E-state index >= 15 is 0 Å². The number of ether oxygens (including phenoxy) is 1. The molecule has 0 unspecified atom stereocenters. The Morgan fingerprint density at radius 3 is 2.64 bits per heavy atom. The molecule has 1 aromatic heterocycles. The Morgan fingerprint density at radius 1 is 1.11 bits per heavy atom. The fourth-order valence-electron chi connectivity index (χ4n) is 3.50. The lowest BCUT2D eigenvalue weighted by Gasteiger charge is -2.12. The summed E-state index contributed by atoms with van der Waals surface area (Å²) in [5.41, 5.74) is 9.77. The summed E-state index contributed by atoms with van der Waals surface area (Å²) in [5, 5.41) is 1.36. The van der Waals surface area contributed by atoms with Crippen LogP contribution in [0.2, 0.25) is 5.02 Å². The number of para-hydroxylation sites is 1. The first-order valence-electron chi connectivity index (χ1n) is 8.87. The minimum atomic E-state index is -0.692. The Morgan fingerprint density at radius 2 is 1.86 bits per heavy atom. The largest absolute Gasteiger partial charge is 0.452 e. The summed E-state index contributed by atoms with van der Waals surface area (Å²) in [6, 6.07) is 15.0. The molecule has 1 amide bonds. The summed E-state index contributed by atoms with van der Waals surface area (Å²) in [4.78, 5) is 28.6. The number of carbonyl (C=O) groups excluding carboxylic acids is 2. The van der Waals surface area contributed by atoms with Crippen molar-refractivity contribution in [2.24, 2.45) is 5.73 Å². The van der Waals surface area contributed by atoms with E-state index in [2.05, 4.69) is 0 Å². The highest BCUT2D eigenvalue weighted by Crippen LogP contribution is 2.38. The minimum absolute atomic E-state index is 0.449. The summed E-state index contributed by atoms with van der Waals surface area (Å²) < 4.78 is 5.11.